The molecule has 1 saturated carbocycles. The van der Waals surface area contributed by atoms with E-state index in [4.69, 9.17) is 5.73 Å². The molecule has 1 fully saturated rings. The van der Waals surface area contributed by atoms with Crippen LogP contribution in [0.15, 0.2) is 0 Å². The maximum absolute atomic E-state index is 6.15. The molecule has 0 aromatic heterocycles. The zero-order chi connectivity index (χ0) is 9.68. The van der Waals surface area contributed by atoms with Crippen LogP contribution in [-0.2, 0) is 0 Å². The highest BCUT2D eigenvalue weighted by Crippen LogP contribution is 2.32. The Morgan fingerprint density at radius 1 is 1.15 bits per heavy atom. The van der Waals surface area contributed by atoms with Gasteiger partial charge in [-0.25, -0.2) is 0 Å². The summed E-state index contributed by atoms with van der Waals surface area (Å²) in [6.45, 7) is 4.55. The molecule has 0 spiro atoms. The van der Waals surface area contributed by atoms with E-state index in [1.807, 2.05) is 0 Å². The Morgan fingerprint density at radius 3 is 2.23 bits per heavy atom. The molecular formula is C12H25N. The van der Waals surface area contributed by atoms with E-state index >= 15 is 0 Å². The van der Waals surface area contributed by atoms with Crippen LogP contribution in [0.25, 0.3) is 0 Å². The van der Waals surface area contributed by atoms with Gasteiger partial charge in [-0.3, -0.25) is 0 Å². The minimum atomic E-state index is 0.489. The van der Waals surface area contributed by atoms with Gasteiger partial charge in [0.2, 0.25) is 0 Å². The van der Waals surface area contributed by atoms with E-state index in [2.05, 4.69) is 13.8 Å². The Kier molecular flexibility index (Phi) is 4.79. The van der Waals surface area contributed by atoms with E-state index < -0.39 is 0 Å². The topological polar surface area (TPSA) is 26.0 Å². The first kappa shape index (κ1) is 11.0. The van der Waals surface area contributed by atoms with Crippen LogP contribution in [0, 0.1) is 11.8 Å². The maximum Gasteiger partial charge on any atom is 0.00670 e. The summed E-state index contributed by atoms with van der Waals surface area (Å²) in [6, 6.07) is 0.489. The largest absolute Gasteiger partial charge is 0.327 e. The highest BCUT2D eigenvalue weighted by Gasteiger charge is 2.23. The van der Waals surface area contributed by atoms with Crippen LogP contribution >= 0.6 is 0 Å². The fourth-order valence-electron chi connectivity index (χ4n) is 2.59. The average molecular weight is 183 g/mol. The van der Waals surface area contributed by atoms with Gasteiger partial charge in [0.1, 0.15) is 0 Å². The van der Waals surface area contributed by atoms with Crippen molar-refractivity contribution in [2.45, 2.75) is 64.8 Å². The molecule has 0 aromatic rings. The molecule has 1 unspecified atom stereocenters. The van der Waals surface area contributed by atoms with Gasteiger partial charge >= 0.3 is 0 Å². The molecule has 1 aliphatic carbocycles. The second kappa shape index (κ2) is 5.64. The summed E-state index contributed by atoms with van der Waals surface area (Å²) in [6.07, 6.45) is 9.47. The average Bonchev–Trinajstić information content (AvgIpc) is 2.18. The minimum absolute atomic E-state index is 0.489. The third-order valence-corrected chi connectivity index (χ3v) is 3.70. The molecule has 0 radical (unpaired) electrons. The molecule has 78 valence electrons. The molecule has 1 heteroatoms. The van der Waals surface area contributed by atoms with Gasteiger partial charge in [0.15, 0.2) is 0 Å². The Morgan fingerprint density at radius 2 is 1.77 bits per heavy atom. The second-order valence-electron chi connectivity index (χ2n) is 4.64. The smallest absolute Gasteiger partial charge is 0.00670 e. The monoisotopic (exact) mass is 183 g/mol. The molecule has 0 amide bonds. The fraction of sp³-hybridized carbons (Fsp3) is 1.00. The van der Waals surface area contributed by atoms with E-state index in [1.165, 1.54) is 44.9 Å². The van der Waals surface area contributed by atoms with Crippen molar-refractivity contribution in [3.8, 4) is 0 Å². The van der Waals surface area contributed by atoms with Crippen LogP contribution in [-0.4, -0.2) is 6.04 Å². The Bertz CT molecular complexity index is 125. The molecule has 2 N–H and O–H groups in total. The van der Waals surface area contributed by atoms with Gasteiger partial charge in [0.05, 0.1) is 0 Å². The molecule has 0 heterocycles. The Labute approximate surface area is 83.1 Å². The van der Waals surface area contributed by atoms with Gasteiger partial charge in [0.25, 0.3) is 0 Å². The number of rotatable bonds is 4. The van der Waals surface area contributed by atoms with Crippen molar-refractivity contribution in [3.63, 3.8) is 0 Å². The lowest BCUT2D eigenvalue weighted by molar-refractivity contribution is 0.232. The minimum Gasteiger partial charge on any atom is -0.327 e. The predicted molar refractivity (Wildman–Crippen MR) is 58.6 cm³/mol. The van der Waals surface area contributed by atoms with E-state index in [0.717, 1.165) is 11.8 Å². The van der Waals surface area contributed by atoms with E-state index in [-0.39, 0.29) is 0 Å². The summed E-state index contributed by atoms with van der Waals surface area (Å²) in [5.41, 5.74) is 6.15. The molecule has 1 aliphatic rings. The molecule has 0 bridgehead atoms. The highest BCUT2D eigenvalue weighted by molar-refractivity contribution is 4.79. The molecule has 0 aliphatic heterocycles. The Hall–Kier alpha value is -0.0400. The maximum atomic E-state index is 6.15. The van der Waals surface area contributed by atoms with Crippen molar-refractivity contribution in [2.75, 3.05) is 0 Å². The van der Waals surface area contributed by atoms with Crippen molar-refractivity contribution in [1.82, 2.24) is 0 Å². The zero-order valence-corrected chi connectivity index (χ0v) is 9.26. The van der Waals surface area contributed by atoms with Crippen LogP contribution in [0.5, 0.6) is 0 Å². The standard InChI is InChI=1S/C12H25N/c1-3-5-12(13)11-8-6-10(4-2)7-9-11/h10-12H,3-9,13H2,1-2H3. The summed E-state index contributed by atoms with van der Waals surface area (Å²) in [7, 11) is 0. The van der Waals surface area contributed by atoms with Crippen LogP contribution in [0.1, 0.15) is 58.8 Å². The van der Waals surface area contributed by atoms with Crippen LogP contribution in [0.2, 0.25) is 0 Å². The van der Waals surface area contributed by atoms with Crippen molar-refractivity contribution < 1.29 is 0 Å². The van der Waals surface area contributed by atoms with Gasteiger partial charge < -0.3 is 5.73 Å². The summed E-state index contributed by atoms with van der Waals surface area (Å²) in [5.74, 6) is 1.84. The summed E-state index contributed by atoms with van der Waals surface area (Å²) < 4.78 is 0. The molecule has 1 nitrogen and oxygen atoms in total. The molecule has 13 heavy (non-hydrogen) atoms. The molecule has 0 aromatic carbocycles. The number of hydrogen-bond acceptors (Lipinski definition) is 1. The third kappa shape index (κ3) is 3.30. The van der Waals surface area contributed by atoms with Gasteiger partial charge in [-0.2, -0.15) is 0 Å². The predicted octanol–water partition coefficient (Wildman–Crippen LogP) is 3.33. The lowest BCUT2D eigenvalue weighted by atomic mass is 9.77. The number of hydrogen-bond donors (Lipinski definition) is 1. The molecule has 0 saturated heterocycles. The van der Waals surface area contributed by atoms with Crippen LogP contribution < -0.4 is 5.73 Å². The van der Waals surface area contributed by atoms with Gasteiger partial charge in [-0.05, 0) is 31.1 Å². The van der Waals surface area contributed by atoms with Gasteiger partial charge in [0, 0.05) is 6.04 Å². The molecule has 1 atom stereocenters. The van der Waals surface area contributed by atoms with Crippen LogP contribution in [0.3, 0.4) is 0 Å². The summed E-state index contributed by atoms with van der Waals surface area (Å²) in [4.78, 5) is 0. The zero-order valence-electron chi connectivity index (χ0n) is 9.26. The van der Waals surface area contributed by atoms with E-state index in [1.54, 1.807) is 0 Å². The van der Waals surface area contributed by atoms with Gasteiger partial charge in [-0.1, -0.05) is 39.5 Å². The fourth-order valence-corrected chi connectivity index (χ4v) is 2.59. The second-order valence-corrected chi connectivity index (χ2v) is 4.64. The quantitative estimate of drug-likeness (QED) is 0.711. The van der Waals surface area contributed by atoms with Crippen molar-refractivity contribution in [3.05, 3.63) is 0 Å². The van der Waals surface area contributed by atoms with Gasteiger partial charge in [-0.15, -0.1) is 0 Å². The lowest BCUT2D eigenvalue weighted by Crippen LogP contribution is -2.32. The Balaban J connectivity index is 2.23. The molecular weight excluding hydrogens is 158 g/mol. The third-order valence-electron chi connectivity index (χ3n) is 3.70. The van der Waals surface area contributed by atoms with Crippen molar-refractivity contribution in [1.29, 1.82) is 0 Å². The molecule has 1 rings (SSSR count). The van der Waals surface area contributed by atoms with E-state index in [0.29, 0.717) is 6.04 Å². The lowest BCUT2D eigenvalue weighted by Gasteiger charge is -2.31. The van der Waals surface area contributed by atoms with Crippen LogP contribution in [0.4, 0.5) is 0 Å². The number of nitrogens with two attached hydrogens (primary N) is 1. The van der Waals surface area contributed by atoms with Crippen molar-refractivity contribution >= 4 is 0 Å². The SMILES string of the molecule is CCCC(N)C1CCC(CC)CC1. The van der Waals surface area contributed by atoms with Crippen molar-refractivity contribution in [2.24, 2.45) is 17.6 Å². The first-order chi connectivity index (χ1) is 6.27. The first-order valence-corrected chi connectivity index (χ1v) is 6.03. The normalized spacial score (nSPS) is 31.6. The summed E-state index contributed by atoms with van der Waals surface area (Å²) >= 11 is 0. The van der Waals surface area contributed by atoms with E-state index in [9.17, 15) is 0 Å². The first-order valence-electron chi connectivity index (χ1n) is 6.03. The highest BCUT2D eigenvalue weighted by atomic mass is 14.6. The summed E-state index contributed by atoms with van der Waals surface area (Å²) in [5, 5.41) is 0.